The van der Waals surface area contributed by atoms with E-state index in [0.717, 1.165) is 13.0 Å². The highest BCUT2D eigenvalue weighted by atomic mass is 16.2. The van der Waals surface area contributed by atoms with Crippen molar-refractivity contribution in [2.75, 3.05) is 13.6 Å². The molecule has 1 aromatic carbocycles. The SMILES string of the molecule is CCC(C)NC(=O)CN(C)Cc1ccc(C)cc1C. The van der Waals surface area contributed by atoms with Gasteiger partial charge in [0.1, 0.15) is 0 Å². The Kier molecular flexibility index (Phi) is 6.03. The number of rotatable bonds is 6. The van der Waals surface area contributed by atoms with Crippen LogP contribution in [0.4, 0.5) is 0 Å². The second-order valence-corrected chi connectivity index (χ2v) is 5.48. The first kappa shape index (κ1) is 15.7. The number of hydrogen-bond donors (Lipinski definition) is 1. The first-order valence-corrected chi connectivity index (χ1v) is 6.96. The zero-order chi connectivity index (χ0) is 14.4. The summed E-state index contributed by atoms with van der Waals surface area (Å²) in [6.07, 6.45) is 0.965. The number of nitrogens with zero attached hydrogens (tertiary/aromatic N) is 1. The Labute approximate surface area is 117 Å². The van der Waals surface area contributed by atoms with Crippen molar-refractivity contribution in [1.29, 1.82) is 0 Å². The van der Waals surface area contributed by atoms with Crippen molar-refractivity contribution in [2.45, 2.75) is 46.7 Å². The number of nitrogens with one attached hydrogen (secondary N) is 1. The summed E-state index contributed by atoms with van der Waals surface area (Å²) in [7, 11) is 1.98. The Balaban J connectivity index is 2.50. The van der Waals surface area contributed by atoms with Crippen molar-refractivity contribution in [3.05, 3.63) is 34.9 Å². The van der Waals surface area contributed by atoms with E-state index in [-0.39, 0.29) is 11.9 Å². The highest BCUT2D eigenvalue weighted by molar-refractivity contribution is 5.78. The Hall–Kier alpha value is -1.35. The Bertz CT molecular complexity index is 429. The Morgan fingerprint density at radius 3 is 2.63 bits per heavy atom. The molecule has 1 aromatic rings. The molecule has 106 valence electrons. The molecule has 0 spiro atoms. The van der Waals surface area contributed by atoms with E-state index in [1.54, 1.807) is 0 Å². The number of likely N-dealkylation sites (N-methyl/N-ethyl adjacent to an activating group) is 1. The molecule has 0 saturated heterocycles. The molecule has 0 bridgehead atoms. The summed E-state index contributed by atoms with van der Waals surface area (Å²) < 4.78 is 0. The molecular weight excluding hydrogens is 236 g/mol. The average Bonchev–Trinajstić information content (AvgIpc) is 2.32. The molecule has 1 amide bonds. The van der Waals surface area contributed by atoms with Crippen molar-refractivity contribution in [1.82, 2.24) is 10.2 Å². The van der Waals surface area contributed by atoms with E-state index < -0.39 is 0 Å². The third-order valence-corrected chi connectivity index (χ3v) is 3.37. The molecule has 0 aliphatic rings. The van der Waals surface area contributed by atoms with E-state index in [2.05, 4.69) is 49.2 Å². The molecular formula is C16H26N2O. The topological polar surface area (TPSA) is 32.3 Å². The quantitative estimate of drug-likeness (QED) is 0.855. The molecule has 0 aromatic heterocycles. The summed E-state index contributed by atoms with van der Waals surface area (Å²) in [4.78, 5) is 13.9. The zero-order valence-electron chi connectivity index (χ0n) is 12.8. The first-order valence-electron chi connectivity index (χ1n) is 6.96. The van der Waals surface area contributed by atoms with Gasteiger partial charge in [-0.25, -0.2) is 0 Å². The van der Waals surface area contributed by atoms with E-state index >= 15 is 0 Å². The highest BCUT2D eigenvalue weighted by Gasteiger charge is 2.10. The fraction of sp³-hybridized carbons (Fsp3) is 0.562. The fourth-order valence-electron chi connectivity index (χ4n) is 2.04. The van der Waals surface area contributed by atoms with Crippen LogP contribution in [-0.2, 0) is 11.3 Å². The number of benzene rings is 1. The summed E-state index contributed by atoms with van der Waals surface area (Å²) in [5.74, 6) is 0.0987. The van der Waals surface area contributed by atoms with Gasteiger partial charge in [-0.05, 0) is 45.4 Å². The lowest BCUT2D eigenvalue weighted by atomic mass is 10.1. The minimum atomic E-state index is 0.0987. The maximum atomic E-state index is 11.8. The monoisotopic (exact) mass is 262 g/mol. The summed E-state index contributed by atoms with van der Waals surface area (Å²) in [5.41, 5.74) is 3.84. The second-order valence-electron chi connectivity index (χ2n) is 5.48. The molecule has 0 heterocycles. The predicted molar refractivity (Wildman–Crippen MR) is 80.1 cm³/mol. The van der Waals surface area contributed by atoms with Gasteiger partial charge in [0, 0.05) is 12.6 Å². The van der Waals surface area contributed by atoms with Gasteiger partial charge < -0.3 is 5.32 Å². The van der Waals surface area contributed by atoms with Crippen molar-refractivity contribution in [3.8, 4) is 0 Å². The lowest BCUT2D eigenvalue weighted by Crippen LogP contribution is -2.39. The minimum absolute atomic E-state index is 0.0987. The zero-order valence-corrected chi connectivity index (χ0v) is 12.8. The molecule has 0 fully saturated rings. The smallest absolute Gasteiger partial charge is 0.234 e. The van der Waals surface area contributed by atoms with Gasteiger partial charge in [0.2, 0.25) is 5.91 Å². The van der Waals surface area contributed by atoms with Crippen molar-refractivity contribution in [2.24, 2.45) is 0 Å². The van der Waals surface area contributed by atoms with E-state index in [1.165, 1.54) is 16.7 Å². The maximum absolute atomic E-state index is 11.8. The van der Waals surface area contributed by atoms with Crippen molar-refractivity contribution < 1.29 is 4.79 Å². The van der Waals surface area contributed by atoms with E-state index in [1.807, 2.05) is 14.0 Å². The minimum Gasteiger partial charge on any atom is -0.353 e. The van der Waals surface area contributed by atoms with Crippen molar-refractivity contribution in [3.63, 3.8) is 0 Å². The van der Waals surface area contributed by atoms with Crippen LogP contribution in [0.5, 0.6) is 0 Å². The summed E-state index contributed by atoms with van der Waals surface area (Å²) in [6.45, 7) is 9.57. The van der Waals surface area contributed by atoms with Crippen LogP contribution < -0.4 is 5.32 Å². The molecule has 0 radical (unpaired) electrons. The second kappa shape index (κ2) is 7.29. The van der Waals surface area contributed by atoms with Crippen LogP contribution in [0.1, 0.15) is 37.0 Å². The van der Waals surface area contributed by atoms with Gasteiger partial charge in [-0.1, -0.05) is 30.7 Å². The van der Waals surface area contributed by atoms with Crippen LogP contribution >= 0.6 is 0 Å². The number of carbonyl (C=O) groups is 1. The van der Waals surface area contributed by atoms with Gasteiger partial charge in [-0.2, -0.15) is 0 Å². The lowest BCUT2D eigenvalue weighted by Gasteiger charge is -2.19. The van der Waals surface area contributed by atoms with Gasteiger partial charge in [-0.3, -0.25) is 9.69 Å². The number of hydrogen-bond acceptors (Lipinski definition) is 2. The Morgan fingerprint density at radius 2 is 2.05 bits per heavy atom. The van der Waals surface area contributed by atoms with Crippen LogP contribution in [0.2, 0.25) is 0 Å². The standard InChI is InChI=1S/C16H26N2O/c1-6-14(4)17-16(19)11-18(5)10-15-8-7-12(2)9-13(15)3/h7-9,14H,6,10-11H2,1-5H3,(H,17,19). The van der Waals surface area contributed by atoms with Gasteiger partial charge >= 0.3 is 0 Å². The number of carbonyl (C=O) groups excluding carboxylic acids is 1. The molecule has 1 unspecified atom stereocenters. The largest absolute Gasteiger partial charge is 0.353 e. The molecule has 1 N–H and O–H groups in total. The molecule has 1 rings (SSSR count). The molecule has 1 atom stereocenters. The molecule has 19 heavy (non-hydrogen) atoms. The molecule has 0 aliphatic carbocycles. The normalized spacial score (nSPS) is 12.5. The predicted octanol–water partition coefficient (Wildman–Crippen LogP) is 2.65. The van der Waals surface area contributed by atoms with Gasteiger partial charge in [0.05, 0.1) is 6.54 Å². The Morgan fingerprint density at radius 1 is 1.37 bits per heavy atom. The number of amides is 1. The van der Waals surface area contributed by atoms with Crippen LogP contribution in [-0.4, -0.2) is 30.4 Å². The summed E-state index contributed by atoms with van der Waals surface area (Å²) in [5, 5.41) is 2.99. The van der Waals surface area contributed by atoms with E-state index in [9.17, 15) is 4.79 Å². The highest BCUT2D eigenvalue weighted by Crippen LogP contribution is 2.12. The van der Waals surface area contributed by atoms with Crippen LogP contribution in [0, 0.1) is 13.8 Å². The van der Waals surface area contributed by atoms with Gasteiger partial charge in [0.25, 0.3) is 0 Å². The molecule has 0 aliphatic heterocycles. The third kappa shape index (κ3) is 5.43. The van der Waals surface area contributed by atoms with Gasteiger partial charge in [-0.15, -0.1) is 0 Å². The molecule has 3 nitrogen and oxygen atoms in total. The number of aryl methyl sites for hydroxylation is 2. The van der Waals surface area contributed by atoms with Crippen LogP contribution in [0.15, 0.2) is 18.2 Å². The fourth-order valence-corrected chi connectivity index (χ4v) is 2.04. The lowest BCUT2D eigenvalue weighted by molar-refractivity contribution is -0.122. The maximum Gasteiger partial charge on any atom is 0.234 e. The summed E-state index contributed by atoms with van der Waals surface area (Å²) >= 11 is 0. The van der Waals surface area contributed by atoms with E-state index in [0.29, 0.717) is 6.54 Å². The third-order valence-electron chi connectivity index (χ3n) is 3.37. The van der Waals surface area contributed by atoms with E-state index in [4.69, 9.17) is 0 Å². The van der Waals surface area contributed by atoms with Crippen LogP contribution in [0.3, 0.4) is 0 Å². The van der Waals surface area contributed by atoms with Gasteiger partial charge in [0.15, 0.2) is 0 Å². The molecule has 0 saturated carbocycles. The molecule has 3 heteroatoms. The summed E-state index contributed by atoms with van der Waals surface area (Å²) in [6, 6.07) is 6.70. The van der Waals surface area contributed by atoms with Crippen molar-refractivity contribution >= 4 is 5.91 Å². The first-order chi connectivity index (χ1) is 8.92. The average molecular weight is 262 g/mol. The van der Waals surface area contributed by atoms with Crippen LogP contribution in [0.25, 0.3) is 0 Å².